The first-order chi connectivity index (χ1) is 18.3. The topological polar surface area (TPSA) is 86.8 Å². The molecule has 0 unspecified atom stereocenters. The van der Waals surface area contributed by atoms with Crippen LogP contribution in [0.2, 0.25) is 0 Å². The summed E-state index contributed by atoms with van der Waals surface area (Å²) in [5.74, 6) is -0.692. The summed E-state index contributed by atoms with van der Waals surface area (Å²) in [5, 5.41) is 2.90. The molecule has 3 aromatic rings. The first-order valence-electron chi connectivity index (χ1n) is 13.1. The van der Waals surface area contributed by atoms with E-state index in [0.717, 1.165) is 17.5 Å². The molecule has 1 atom stereocenters. The number of rotatable bonds is 13. The molecule has 0 aliphatic carbocycles. The predicted molar refractivity (Wildman–Crippen MR) is 151 cm³/mol. The lowest BCUT2D eigenvalue weighted by molar-refractivity contribution is -0.140. The van der Waals surface area contributed by atoms with Crippen molar-refractivity contribution in [3.8, 4) is 0 Å². The number of aryl methyl sites for hydroxylation is 1. The van der Waals surface area contributed by atoms with Crippen LogP contribution in [0.1, 0.15) is 44.7 Å². The van der Waals surface area contributed by atoms with Crippen molar-refractivity contribution in [2.75, 3.05) is 17.4 Å². The fourth-order valence-corrected chi connectivity index (χ4v) is 5.82. The molecule has 0 aromatic heterocycles. The first-order valence-corrected chi connectivity index (χ1v) is 14.5. The molecule has 0 saturated carbocycles. The van der Waals surface area contributed by atoms with Gasteiger partial charge in [0.15, 0.2) is 0 Å². The number of nitrogens with one attached hydrogen (secondary N) is 1. The molecular weight excluding hydrogens is 498 g/mol. The lowest BCUT2D eigenvalue weighted by atomic mass is 10.1. The van der Waals surface area contributed by atoms with Crippen LogP contribution in [0.4, 0.5) is 5.69 Å². The Morgan fingerprint density at radius 2 is 1.45 bits per heavy atom. The highest BCUT2D eigenvalue weighted by molar-refractivity contribution is 7.92. The molecule has 0 aliphatic heterocycles. The third-order valence-electron chi connectivity index (χ3n) is 6.38. The maximum atomic E-state index is 14.0. The molecule has 3 aromatic carbocycles. The van der Waals surface area contributed by atoms with Crippen LogP contribution in [-0.2, 0) is 32.6 Å². The van der Waals surface area contributed by atoms with Gasteiger partial charge in [0.05, 0.1) is 10.6 Å². The zero-order chi connectivity index (χ0) is 27.5. The normalized spacial score (nSPS) is 12.0. The fraction of sp³-hybridized carbons (Fsp3) is 0.333. The molecule has 8 heteroatoms. The van der Waals surface area contributed by atoms with Gasteiger partial charge in [-0.15, -0.1) is 0 Å². The van der Waals surface area contributed by atoms with E-state index >= 15 is 0 Å². The van der Waals surface area contributed by atoms with Crippen LogP contribution in [0.25, 0.3) is 0 Å². The minimum atomic E-state index is -4.07. The van der Waals surface area contributed by atoms with Gasteiger partial charge in [0.25, 0.3) is 10.0 Å². The van der Waals surface area contributed by atoms with Crippen LogP contribution in [0.15, 0.2) is 89.8 Å². The summed E-state index contributed by atoms with van der Waals surface area (Å²) in [7, 11) is -4.07. The van der Waals surface area contributed by atoms with Crippen molar-refractivity contribution in [2.24, 2.45) is 0 Å². The van der Waals surface area contributed by atoms with E-state index in [9.17, 15) is 18.0 Å². The second-order valence-electron chi connectivity index (χ2n) is 9.03. The average molecular weight is 536 g/mol. The van der Waals surface area contributed by atoms with Crippen LogP contribution in [0, 0.1) is 0 Å². The third-order valence-corrected chi connectivity index (χ3v) is 8.16. The van der Waals surface area contributed by atoms with Gasteiger partial charge < -0.3 is 10.2 Å². The number of nitrogens with zero attached hydrogens (tertiary/aromatic N) is 2. The van der Waals surface area contributed by atoms with Crippen LogP contribution in [0.3, 0.4) is 0 Å². The number of carbonyl (C=O) groups excluding carboxylic acids is 2. The smallest absolute Gasteiger partial charge is 0.264 e. The molecule has 0 bridgehead atoms. The monoisotopic (exact) mass is 535 g/mol. The van der Waals surface area contributed by atoms with Crippen molar-refractivity contribution in [3.63, 3.8) is 0 Å². The van der Waals surface area contributed by atoms with Crippen molar-refractivity contribution in [1.29, 1.82) is 0 Å². The second-order valence-corrected chi connectivity index (χ2v) is 10.9. The van der Waals surface area contributed by atoms with E-state index in [1.165, 1.54) is 21.3 Å². The highest BCUT2D eigenvalue weighted by Gasteiger charge is 2.34. The number of hydrogen-bond donors (Lipinski definition) is 1. The summed E-state index contributed by atoms with van der Waals surface area (Å²) < 4.78 is 29.0. The van der Waals surface area contributed by atoms with E-state index in [1.54, 1.807) is 30.3 Å². The summed E-state index contributed by atoms with van der Waals surface area (Å²) in [6.07, 6.45) is 1.76. The van der Waals surface area contributed by atoms with E-state index in [1.807, 2.05) is 63.2 Å². The summed E-state index contributed by atoms with van der Waals surface area (Å²) >= 11 is 0. The van der Waals surface area contributed by atoms with Gasteiger partial charge in [0.1, 0.15) is 12.6 Å². The van der Waals surface area contributed by atoms with Crippen LogP contribution in [-0.4, -0.2) is 44.3 Å². The molecule has 0 saturated heterocycles. The van der Waals surface area contributed by atoms with Crippen molar-refractivity contribution in [3.05, 3.63) is 96.1 Å². The zero-order valence-corrected chi connectivity index (χ0v) is 23.2. The van der Waals surface area contributed by atoms with Gasteiger partial charge in [-0.1, -0.05) is 87.5 Å². The van der Waals surface area contributed by atoms with Gasteiger partial charge in [-0.05, 0) is 48.6 Å². The van der Waals surface area contributed by atoms with E-state index in [4.69, 9.17) is 0 Å². The van der Waals surface area contributed by atoms with Crippen molar-refractivity contribution in [2.45, 2.75) is 57.5 Å². The van der Waals surface area contributed by atoms with Gasteiger partial charge in [-0.3, -0.25) is 13.9 Å². The number of anilines is 1. The zero-order valence-electron chi connectivity index (χ0n) is 22.3. The second kappa shape index (κ2) is 13.8. The summed E-state index contributed by atoms with van der Waals surface area (Å²) in [5.41, 5.74) is 2.12. The Balaban J connectivity index is 2.06. The Morgan fingerprint density at radius 3 is 2.05 bits per heavy atom. The molecular formula is C30H37N3O4S. The number of sulfonamides is 1. The minimum absolute atomic E-state index is 0.0982. The SMILES string of the molecule is CCCNC(=O)[C@H](CC)N(Cc1ccccc1)C(=O)CN(c1ccccc1CC)S(=O)(=O)c1ccccc1. The molecule has 7 nitrogen and oxygen atoms in total. The van der Waals surface area contributed by atoms with Gasteiger partial charge >= 0.3 is 0 Å². The van der Waals surface area contributed by atoms with E-state index in [-0.39, 0.29) is 17.3 Å². The van der Waals surface area contributed by atoms with Gasteiger partial charge in [-0.25, -0.2) is 8.42 Å². The molecule has 1 N–H and O–H groups in total. The Labute approximate surface area is 226 Å². The number of para-hydroxylation sites is 1. The average Bonchev–Trinajstić information content (AvgIpc) is 2.95. The maximum Gasteiger partial charge on any atom is 0.264 e. The standard InChI is InChI=1S/C30H37N3O4S/c1-4-21-31-30(35)27(6-3)32(22-24-15-9-7-10-16-24)29(34)23-33(28-20-14-13-17-25(28)5-2)38(36,37)26-18-11-8-12-19-26/h7-20,27H,4-6,21-23H2,1-3H3,(H,31,35)/t27-/m0/s1. The van der Waals surface area contributed by atoms with Crippen molar-refractivity contribution in [1.82, 2.24) is 10.2 Å². The molecule has 38 heavy (non-hydrogen) atoms. The fourth-order valence-electron chi connectivity index (χ4n) is 4.35. The Hall–Kier alpha value is -3.65. The highest BCUT2D eigenvalue weighted by atomic mass is 32.2. The van der Waals surface area contributed by atoms with E-state index in [2.05, 4.69) is 5.32 Å². The van der Waals surface area contributed by atoms with Crippen LogP contribution in [0.5, 0.6) is 0 Å². The summed E-state index contributed by atoms with van der Waals surface area (Å²) in [6.45, 7) is 6.02. The largest absolute Gasteiger partial charge is 0.354 e. The molecule has 2 amide bonds. The molecule has 202 valence electrons. The first kappa shape index (κ1) is 28.9. The number of carbonyl (C=O) groups is 2. The van der Waals surface area contributed by atoms with E-state index in [0.29, 0.717) is 25.1 Å². The molecule has 3 rings (SSSR count). The van der Waals surface area contributed by atoms with Gasteiger partial charge in [0.2, 0.25) is 11.8 Å². The van der Waals surface area contributed by atoms with Crippen LogP contribution >= 0.6 is 0 Å². The quantitative estimate of drug-likeness (QED) is 0.341. The molecule has 0 fully saturated rings. The third kappa shape index (κ3) is 7.01. The highest BCUT2D eigenvalue weighted by Crippen LogP contribution is 2.28. The molecule has 0 radical (unpaired) electrons. The van der Waals surface area contributed by atoms with Crippen LogP contribution < -0.4 is 9.62 Å². The Morgan fingerprint density at radius 1 is 0.842 bits per heavy atom. The molecule has 0 heterocycles. The molecule has 0 aliphatic rings. The van der Waals surface area contributed by atoms with E-state index < -0.39 is 28.5 Å². The number of amides is 2. The van der Waals surface area contributed by atoms with Crippen molar-refractivity contribution < 1.29 is 18.0 Å². The lowest BCUT2D eigenvalue weighted by Gasteiger charge is -2.33. The summed E-state index contributed by atoms with van der Waals surface area (Å²) in [4.78, 5) is 28.7. The maximum absolute atomic E-state index is 14.0. The van der Waals surface area contributed by atoms with Gasteiger partial charge in [-0.2, -0.15) is 0 Å². The molecule has 0 spiro atoms. The number of hydrogen-bond acceptors (Lipinski definition) is 4. The lowest BCUT2D eigenvalue weighted by Crippen LogP contribution is -2.52. The Kier molecular flexibility index (Phi) is 10.5. The van der Waals surface area contributed by atoms with Crippen molar-refractivity contribution >= 4 is 27.5 Å². The Bertz CT molecular complexity index is 1300. The number of benzene rings is 3. The minimum Gasteiger partial charge on any atom is -0.354 e. The predicted octanol–water partition coefficient (Wildman–Crippen LogP) is 4.78. The van der Waals surface area contributed by atoms with Gasteiger partial charge in [0, 0.05) is 13.1 Å². The summed E-state index contributed by atoms with van der Waals surface area (Å²) in [6, 6.07) is 24.0.